The van der Waals surface area contributed by atoms with Crippen LogP contribution in [0.15, 0.2) is 41.0 Å². The second-order valence-electron chi connectivity index (χ2n) is 4.89. The van der Waals surface area contributed by atoms with Crippen molar-refractivity contribution in [2.45, 2.75) is 13.1 Å². The number of urea groups is 1. The number of hydrogen-bond acceptors (Lipinski definition) is 3. The second-order valence-corrected chi connectivity index (χ2v) is 5.73. The Morgan fingerprint density at radius 1 is 1.35 bits per heavy atom. The van der Waals surface area contributed by atoms with Gasteiger partial charge < -0.3 is 19.4 Å². The molecule has 1 N–H and O–H groups in total. The zero-order valence-electron chi connectivity index (χ0n) is 12.7. The first kappa shape index (κ1) is 17.7. The highest BCUT2D eigenvalue weighted by Crippen LogP contribution is 2.20. The smallest absolute Gasteiger partial charge is 0.318 e. The van der Waals surface area contributed by atoms with Crippen LogP contribution >= 0.6 is 23.2 Å². The molecule has 1 aromatic carbocycles. The van der Waals surface area contributed by atoms with E-state index < -0.39 is 0 Å². The van der Waals surface area contributed by atoms with E-state index in [-0.39, 0.29) is 6.03 Å². The maximum Gasteiger partial charge on any atom is 0.318 e. The van der Waals surface area contributed by atoms with Crippen molar-refractivity contribution in [3.05, 3.63) is 58.0 Å². The monoisotopic (exact) mass is 356 g/mol. The van der Waals surface area contributed by atoms with Gasteiger partial charge in [0.05, 0.1) is 19.4 Å². The molecule has 5 nitrogen and oxygen atoms in total. The third kappa shape index (κ3) is 5.46. The van der Waals surface area contributed by atoms with Crippen LogP contribution in [0.3, 0.4) is 0 Å². The number of ether oxygens (including phenoxy) is 1. The van der Waals surface area contributed by atoms with E-state index in [1.165, 1.54) is 0 Å². The number of nitrogens with one attached hydrogen (secondary N) is 1. The van der Waals surface area contributed by atoms with Gasteiger partial charge in [-0.25, -0.2) is 4.79 Å². The molecule has 0 atom stereocenters. The van der Waals surface area contributed by atoms with Crippen molar-refractivity contribution < 1.29 is 13.9 Å². The van der Waals surface area contributed by atoms with Gasteiger partial charge in [-0.2, -0.15) is 0 Å². The Hall–Kier alpha value is -1.69. The highest BCUT2D eigenvalue weighted by atomic mass is 35.5. The Labute approximate surface area is 145 Å². The van der Waals surface area contributed by atoms with Gasteiger partial charge in [-0.05, 0) is 29.8 Å². The summed E-state index contributed by atoms with van der Waals surface area (Å²) < 4.78 is 10.3. The molecule has 0 saturated carbocycles. The van der Waals surface area contributed by atoms with Crippen LogP contribution in [0.2, 0.25) is 10.0 Å². The van der Waals surface area contributed by atoms with Crippen LogP contribution in [0.5, 0.6) is 0 Å². The van der Waals surface area contributed by atoms with Crippen molar-refractivity contribution in [3.63, 3.8) is 0 Å². The summed E-state index contributed by atoms with van der Waals surface area (Å²) in [7, 11) is 1.59. The van der Waals surface area contributed by atoms with Gasteiger partial charge in [0.15, 0.2) is 0 Å². The number of amides is 2. The van der Waals surface area contributed by atoms with Gasteiger partial charge in [0.2, 0.25) is 0 Å². The molecule has 124 valence electrons. The van der Waals surface area contributed by atoms with Crippen molar-refractivity contribution in [1.29, 1.82) is 0 Å². The zero-order valence-corrected chi connectivity index (χ0v) is 14.2. The molecule has 1 aromatic heterocycles. The molecular formula is C16H18Cl2N2O3. The van der Waals surface area contributed by atoms with Crippen LogP contribution in [-0.4, -0.2) is 31.2 Å². The van der Waals surface area contributed by atoms with E-state index in [9.17, 15) is 4.79 Å². The molecule has 2 rings (SSSR count). The average molecular weight is 357 g/mol. The fourth-order valence-electron chi connectivity index (χ4n) is 1.99. The lowest BCUT2D eigenvalue weighted by atomic mass is 10.2. The zero-order chi connectivity index (χ0) is 16.7. The number of rotatable bonds is 7. The minimum absolute atomic E-state index is 0.218. The minimum Gasteiger partial charge on any atom is -0.467 e. The highest BCUT2D eigenvalue weighted by molar-refractivity contribution is 6.35. The first-order valence-electron chi connectivity index (χ1n) is 7.08. The molecule has 0 saturated heterocycles. The molecule has 2 amide bonds. The summed E-state index contributed by atoms with van der Waals surface area (Å²) in [5.41, 5.74) is 0.800. The topological polar surface area (TPSA) is 54.7 Å². The summed E-state index contributed by atoms with van der Waals surface area (Å²) in [4.78, 5) is 14.0. The Kier molecular flexibility index (Phi) is 6.77. The summed E-state index contributed by atoms with van der Waals surface area (Å²) in [6, 6.07) is 8.57. The second kappa shape index (κ2) is 8.82. The summed E-state index contributed by atoms with van der Waals surface area (Å²) in [5.74, 6) is 0.709. The first-order chi connectivity index (χ1) is 11.1. The van der Waals surface area contributed by atoms with Gasteiger partial charge in [0.1, 0.15) is 5.76 Å². The summed E-state index contributed by atoms with van der Waals surface area (Å²) in [6.45, 7) is 1.58. The van der Waals surface area contributed by atoms with E-state index in [4.69, 9.17) is 32.4 Å². The molecule has 0 aliphatic carbocycles. The van der Waals surface area contributed by atoms with E-state index >= 15 is 0 Å². The van der Waals surface area contributed by atoms with E-state index in [0.29, 0.717) is 42.0 Å². The average Bonchev–Trinajstić information content (AvgIpc) is 3.03. The molecule has 0 bridgehead atoms. The van der Waals surface area contributed by atoms with E-state index in [2.05, 4.69) is 5.32 Å². The summed E-state index contributed by atoms with van der Waals surface area (Å²) in [5, 5.41) is 3.92. The summed E-state index contributed by atoms with van der Waals surface area (Å²) >= 11 is 12.0. The van der Waals surface area contributed by atoms with E-state index in [0.717, 1.165) is 5.56 Å². The Balaban J connectivity index is 1.96. The molecule has 2 aromatic rings. The predicted molar refractivity (Wildman–Crippen MR) is 89.7 cm³/mol. The number of halogens is 2. The molecule has 7 heteroatoms. The minimum atomic E-state index is -0.218. The number of furan rings is 1. The van der Waals surface area contributed by atoms with Crippen molar-refractivity contribution in [3.8, 4) is 0 Å². The molecule has 0 fully saturated rings. The van der Waals surface area contributed by atoms with Crippen LogP contribution in [0.1, 0.15) is 11.3 Å². The third-order valence-electron chi connectivity index (χ3n) is 3.22. The van der Waals surface area contributed by atoms with Crippen molar-refractivity contribution >= 4 is 29.2 Å². The van der Waals surface area contributed by atoms with Gasteiger partial charge in [-0.15, -0.1) is 0 Å². The number of carbonyl (C=O) groups excluding carboxylic acids is 1. The number of nitrogens with zero attached hydrogens (tertiary/aromatic N) is 1. The maximum atomic E-state index is 12.4. The van der Waals surface area contributed by atoms with Gasteiger partial charge >= 0.3 is 6.03 Å². The SMILES string of the molecule is COCCN(Cc1ccco1)C(=O)NCc1ccc(Cl)cc1Cl. The quantitative estimate of drug-likeness (QED) is 0.817. The Bertz CT molecular complexity index is 632. The van der Waals surface area contributed by atoms with Gasteiger partial charge in [0, 0.05) is 30.2 Å². The number of carbonyl (C=O) groups is 1. The largest absolute Gasteiger partial charge is 0.467 e. The van der Waals surface area contributed by atoms with E-state index in [1.807, 2.05) is 6.07 Å². The molecule has 0 unspecified atom stereocenters. The lowest BCUT2D eigenvalue weighted by Gasteiger charge is -2.22. The van der Waals surface area contributed by atoms with Gasteiger partial charge in [-0.1, -0.05) is 29.3 Å². The van der Waals surface area contributed by atoms with Crippen molar-refractivity contribution in [2.75, 3.05) is 20.3 Å². The van der Waals surface area contributed by atoms with Crippen molar-refractivity contribution in [1.82, 2.24) is 10.2 Å². The number of hydrogen-bond donors (Lipinski definition) is 1. The third-order valence-corrected chi connectivity index (χ3v) is 3.81. The Morgan fingerprint density at radius 2 is 2.17 bits per heavy atom. The highest BCUT2D eigenvalue weighted by Gasteiger charge is 2.15. The van der Waals surface area contributed by atoms with Crippen LogP contribution in [0, 0.1) is 0 Å². The molecule has 23 heavy (non-hydrogen) atoms. The molecule has 0 spiro atoms. The molecule has 0 radical (unpaired) electrons. The van der Waals surface area contributed by atoms with Crippen LogP contribution < -0.4 is 5.32 Å². The summed E-state index contributed by atoms with van der Waals surface area (Å²) in [6.07, 6.45) is 1.58. The number of benzene rings is 1. The van der Waals surface area contributed by atoms with Gasteiger partial charge in [0.25, 0.3) is 0 Å². The predicted octanol–water partition coefficient (Wildman–Crippen LogP) is 3.94. The lowest BCUT2D eigenvalue weighted by molar-refractivity contribution is 0.142. The van der Waals surface area contributed by atoms with Crippen LogP contribution in [0.4, 0.5) is 4.79 Å². The molecule has 1 heterocycles. The van der Waals surface area contributed by atoms with Crippen LogP contribution in [-0.2, 0) is 17.8 Å². The molecule has 0 aliphatic heterocycles. The standard InChI is InChI=1S/C16H18Cl2N2O3/c1-22-8-6-20(11-14-3-2-7-23-14)16(21)19-10-12-4-5-13(17)9-15(12)18/h2-5,7,9H,6,8,10-11H2,1H3,(H,19,21). The van der Waals surface area contributed by atoms with Gasteiger partial charge in [-0.3, -0.25) is 0 Å². The Morgan fingerprint density at radius 3 is 2.83 bits per heavy atom. The van der Waals surface area contributed by atoms with E-state index in [1.54, 1.807) is 42.5 Å². The molecular weight excluding hydrogens is 339 g/mol. The normalized spacial score (nSPS) is 10.6. The first-order valence-corrected chi connectivity index (χ1v) is 7.83. The fourth-order valence-corrected chi connectivity index (χ4v) is 2.47. The lowest BCUT2D eigenvalue weighted by Crippen LogP contribution is -2.40. The van der Waals surface area contributed by atoms with Crippen molar-refractivity contribution in [2.24, 2.45) is 0 Å². The maximum absolute atomic E-state index is 12.4. The fraction of sp³-hybridized carbons (Fsp3) is 0.312. The molecule has 0 aliphatic rings. The van der Waals surface area contributed by atoms with Crippen LogP contribution in [0.25, 0.3) is 0 Å². The number of methoxy groups -OCH3 is 1.